The molecule has 0 heterocycles. The van der Waals surface area contributed by atoms with Crippen molar-refractivity contribution in [3.8, 4) is 0 Å². The molecule has 0 bridgehead atoms. The maximum Gasteiger partial charge on any atom is 0.309 e. The SMILES string of the molecule is COC(=O)[C@H]1[C@@H](/C=C(\Br)c2ccc(F)cc2)C1(C)C. The molecule has 1 aromatic rings. The van der Waals surface area contributed by atoms with Gasteiger partial charge in [0, 0.05) is 4.48 Å². The third-order valence-corrected chi connectivity index (χ3v) is 4.53. The molecule has 1 fully saturated rings. The van der Waals surface area contributed by atoms with Gasteiger partial charge in [-0.05, 0) is 29.0 Å². The van der Waals surface area contributed by atoms with E-state index < -0.39 is 0 Å². The molecule has 2 atom stereocenters. The summed E-state index contributed by atoms with van der Waals surface area (Å²) in [6, 6.07) is 6.25. The van der Waals surface area contributed by atoms with E-state index in [0.717, 1.165) is 10.0 Å². The van der Waals surface area contributed by atoms with Crippen LogP contribution in [0.15, 0.2) is 30.3 Å². The number of rotatable bonds is 3. The monoisotopic (exact) mass is 326 g/mol. The van der Waals surface area contributed by atoms with E-state index in [-0.39, 0.29) is 29.0 Å². The fourth-order valence-corrected chi connectivity index (χ4v) is 2.98. The van der Waals surface area contributed by atoms with Crippen LogP contribution in [0, 0.1) is 23.1 Å². The van der Waals surface area contributed by atoms with Gasteiger partial charge >= 0.3 is 5.97 Å². The molecule has 4 heteroatoms. The van der Waals surface area contributed by atoms with E-state index in [1.54, 1.807) is 12.1 Å². The first-order valence-electron chi connectivity index (χ1n) is 6.09. The molecule has 0 unspecified atom stereocenters. The lowest BCUT2D eigenvalue weighted by molar-refractivity contribution is -0.143. The van der Waals surface area contributed by atoms with Crippen LogP contribution >= 0.6 is 15.9 Å². The van der Waals surface area contributed by atoms with Crippen LogP contribution in [0.5, 0.6) is 0 Å². The van der Waals surface area contributed by atoms with Crippen molar-refractivity contribution in [2.75, 3.05) is 7.11 Å². The van der Waals surface area contributed by atoms with Crippen molar-refractivity contribution in [2.24, 2.45) is 17.3 Å². The zero-order valence-electron chi connectivity index (χ0n) is 11.1. The summed E-state index contributed by atoms with van der Waals surface area (Å²) >= 11 is 3.49. The number of methoxy groups -OCH3 is 1. The standard InChI is InChI=1S/C15H16BrFO2/c1-15(2)11(13(15)14(18)19-3)8-12(16)9-4-6-10(17)7-5-9/h4-8,11,13H,1-3H3/b12-8-/t11-,13-/m1/s1. The van der Waals surface area contributed by atoms with Gasteiger partial charge in [-0.15, -0.1) is 0 Å². The van der Waals surface area contributed by atoms with Gasteiger partial charge in [-0.3, -0.25) is 4.79 Å². The van der Waals surface area contributed by atoms with E-state index in [1.165, 1.54) is 19.2 Å². The summed E-state index contributed by atoms with van der Waals surface area (Å²) in [6.07, 6.45) is 2.01. The van der Waals surface area contributed by atoms with Crippen LogP contribution in [0.2, 0.25) is 0 Å². The highest BCUT2D eigenvalue weighted by atomic mass is 79.9. The largest absolute Gasteiger partial charge is 0.469 e. The Balaban J connectivity index is 2.18. The predicted molar refractivity (Wildman–Crippen MR) is 76.1 cm³/mol. The average Bonchev–Trinajstić information content (AvgIpc) is 2.90. The van der Waals surface area contributed by atoms with Gasteiger partial charge in [0.15, 0.2) is 0 Å². The van der Waals surface area contributed by atoms with Crippen LogP contribution in [0.25, 0.3) is 4.48 Å². The highest BCUT2D eigenvalue weighted by Crippen LogP contribution is 2.60. The molecule has 0 saturated heterocycles. The Morgan fingerprint density at radius 1 is 1.37 bits per heavy atom. The first-order valence-corrected chi connectivity index (χ1v) is 6.88. The van der Waals surface area contributed by atoms with Crippen LogP contribution in [-0.2, 0) is 9.53 Å². The van der Waals surface area contributed by atoms with Crippen molar-refractivity contribution >= 4 is 26.4 Å². The molecule has 2 rings (SSSR count). The number of hydrogen-bond acceptors (Lipinski definition) is 2. The normalized spacial score (nSPS) is 25.0. The second kappa shape index (κ2) is 5.08. The lowest BCUT2D eigenvalue weighted by atomic mass is 10.1. The molecule has 1 aromatic carbocycles. The Hall–Kier alpha value is -1.16. The number of benzene rings is 1. The van der Waals surface area contributed by atoms with Crippen molar-refractivity contribution in [3.63, 3.8) is 0 Å². The molecule has 1 saturated carbocycles. The van der Waals surface area contributed by atoms with Gasteiger partial charge in [0.2, 0.25) is 0 Å². The van der Waals surface area contributed by atoms with Gasteiger partial charge in [0.1, 0.15) is 5.82 Å². The number of esters is 1. The number of carbonyl (C=O) groups excluding carboxylic acids is 1. The number of hydrogen-bond donors (Lipinski definition) is 0. The van der Waals surface area contributed by atoms with Gasteiger partial charge in [0.25, 0.3) is 0 Å². The maximum absolute atomic E-state index is 12.9. The van der Waals surface area contributed by atoms with Crippen LogP contribution in [-0.4, -0.2) is 13.1 Å². The Kier molecular flexibility index (Phi) is 3.81. The number of ether oxygens (including phenoxy) is 1. The summed E-state index contributed by atoms with van der Waals surface area (Å²) in [6.45, 7) is 4.08. The number of carbonyl (C=O) groups is 1. The fourth-order valence-electron chi connectivity index (χ4n) is 2.43. The van der Waals surface area contributed by atoms with Crippen LogP contribution < -0.4 is 0 Å². The Labute approximate surface area is 120 Å². The van der Waals surface area contributed by atoms with Gasteiger partial charge in [-0.25, -0.2) is 4.39 Å². The second-order valence-corrected chi connectivity index (χ2v) is 6.22. The lowest BCUT2D eigenvalue weighted by Crippen LogP contribution is -2.07. The summed E-state index contributed by atoms with van der Waals surface area (Å²) in [4.78, 5) is 11.6. The van der Waals surface area contributed by atoms with Crippen molar-refractivity contribution in [3.05, 3.63) is 41.7 Å². The number of halogens is 2. The van der Waals surface area contributed by atoms with E-state index in [0.29, 0.717) is 0 Å². The Morgan fingerprint density at radius 2 is 1.95 bits per heavy atom. The highest BCUT2D eigenvalue weighted by molar-refractivity contribution is 9.15. The first kappa shape index (κ1) is 14.3. The minimum Gasteiger partial charge on any atom is -0.469 e. The molecule has 0 aliphatic heterocycles. The molecule has 0 aromatic heterocycles. The van der Waals surface area contributed by atoms with Crippen LogP contribution in [0.3, 0.4) is 0 Å². The van der Waals surface area contributed by atoms with E-state index >= 15 is 0 Å². The second-order valence-electron chi connectivity index (χ2n) is 5.37. The molecule has 2 nitrogen and oxygen atoms in total. The smallest absolute Gasteiger partial charge is 0.309 e. The molecule has 19 heavy (non-hydrogen) atoms. The molecule has 0 N–H and O–H groups in total. The summed E-state index contributed by atoms with van der Waals surface area (Å²) in [5, 5.41) is 0. The van der Waals surface area contributed by atoms with Crippen molar-refractivity contribution in [1.82, 2.24) is 0 Å². The average molecular weight is 327 g/mol. The molecule has 102 valence electrons. The van der Waals surface area contributed by atoms with Gasteiger partial charge in [0.05, 0.1) is 13.0 Å². The summed E-state index contributed by atoms with van der Waals surface area (Å²) < 4.78 is 18.5. The van der Waals surface area contributed by atoms with Crippen LogP contribution in [0.1, 0.15) is 19.4 Å². The zero-order chi connectivity index (χ0) is 14.2. The molecular formula is C15H16BrFO2. The minimum atomic E-state index is -0.261. The molecule has 0 radical (unpaired) electrons. The Bertz CT molecular complexity index is 519. The number of allylic oxidation sites excluding steroid dienone is 1. The topological polar surface area (TPSA) is 26.3 Å². The quantitative estimate of drug-likeness (QED) is 0.784. The fraction of sp³-hybridized carbons (Fsp3) is 0.400. The van der Waals surface area contributed by atoms with E-state index in [1.807, 2.05) is 19.9 Å². The van der Waals surface area contributed by atoms with E-state index in [4.69, 9.17) is 4.74 Å². The minimum absolute atomic E-state index is 0.0911. The van der Waals surface area contributed by atoms with Gasteiger partial charge in [-0.2, -0.15) is 0 Å². The molecule has 0 amide bonds. The molecule has 1 aliphatic rings. The summed E-state index contributed by atoms with van der Waals surface area (Å²) in [5.41, 5.74) is 0.805. The molecule has 1 aliphatic carbocycles. The van der Waals surface area contributed by atoms with Gasteiger partial charge < -0.3 is 4.74 Å². The van der Waals surface area contributed by atoms with Crippen molar-refractivity contribution < 1.29 is 13.9 Å². The summed E-state index contributed by atoms with van der Waals surface area (Å²) in [5.74, 6) is -0.404. The van der Waals surface area contributed by atoms with Crippen molar-refractivity contribution in [2.45, 2.75) is 13.8 Å². The molecule has 0 spiro atoms. The Morgan fingerprint density at radius 3 is 2.47 bits per heavy atom. The predicted octanol–water partition coefficient (Wildman–Crippen LogP) is 4.01. The highest BCUT2D eigenvalue weighted by Gasteiger charge is 2.61. The zero-order valence-corrected chi connectivity index (χ0v) is 12.7. The van der Waals surface area contributed by atoms with Gasteiger partial charge in [-0.1, -0.05) is 48.0 Å². The third kappa shape index (κ3) is 2.73. The lowest BCUT2D eigenvalue weighted by Gasteiger charge is -2.01. The third-order valence-electron chi connectivity index (χ3n) is 3.81. The van der Waals surface area contributed by atoms with Crippen LogP contribution in [0.4, 0.5) is 4.39 Å². The summed E-state index contributed by atoms with van der Waals surface area (Å²) in [7, 11) is 1.41. The maximum atomic E-state index is 12.9. The van der Waals surface area contributed by atoms with Crippen molar-refractivity contribution in [1.29, 1.82) is 0 Å². The van der Waals surface area contributed by atoms with E-state index in [2.05, 4.69) is 15.9 Å². The van der Waals surface area contributed by atoms with E-state index in [9.17, 15) is 9.18 Å². The molecular weight excluding hydrogens is 311 g/mol. The first-order chi connectivity index (χ1) is 8.87.